The maximum Gasteiger partial charge on any atom is 0.0822 e. The molecule has 0 aliphatic carbocycles. The van der Waals surface area contributed by atoms with Gasteiger partial charge in [-0.2, -0.15) is 0 Å². The molecule has 15 heavy (non-hydrogen) atoms. The number of fused-ring (bicyclic) bond motifs is 1. The smallest absolute Gasteiger partial charge is 0.0822 e. The highest BCUT2D eigenvalue weighted by Crippen LogP contribution is 2.24. The van der Waals surface area contributed by atoms with Gasteiger partial charge in [0, 0.05) is 17.4 Å². The largest absolute Gasteiger partial charge is 0.412 e. The van der Waals surface area contributed by atoms with Gasteiger partial charge >= 0.3 is 0 Å². The lowest BCUT2D eigenvalue weighted by atomic mass is 9.96. The SMILES string of the molecule is C[C@H]1C[NH2+]CCc2ccc(Cl)cc21.Cl.O. The van der Waals surface area contributed by atoms with Crippen molar-refractivity contribution in [2.24, 2.45) is 0 Å². The Hall–Kier alpha value is -0.280. The Morgan fingerprint density at radius 1 is 1.40 bits per heavy atom. The van der Waals surface area contributed by atoms with E-state index in [1.807, 2.05) is 6.07 Å². The fourth-order valence-corrected chi connectivity index (χ4v) is 2.19. The first-order chi connectivity index (χ1) is 6.27. The van der Waals surface area contributed by atoms with Crippen LogP contribution in [0.5, 0.6) is 0 Å². The monoisotopic (exact) mass is 250 g/mol. The first-order valence-electron chi connectivity index (χ1n) is 4.87. The first kappa shape index (κ1) is 14.7. The molecular weight excluding hydrogens is 233 g/mol. The van der Waals surface area contributed by atoms with Crippen molar-refractivity contribution in [1.29, 1.82) is 0 Å². The predicted octanol–water partition coefficient (Wildman–Crippen LogP) is 1.16. The number of quaternary nitrogens is 1. The lowest BCUT2D eigenvalue weighted by molar-refractivity contribution is -0.655. The van der Waals surface area contributed by atoms with Crippen LogP contribution in [0.25, 0.3) is 0 Å². The molecule has 0 fully saturated rings. The summed E-state index contributed by atoms with van der Waals surface area (Å²) < 4.78 is 0. The Morgan fingerprint density at radius 2 is 2.13 bits per heavy atom. The molecule has 0 bridgehead atoms. The summed E-state index contributed by atoms with van der Waals surface area (Å²) in [6.45, 7) is 4.67. The molecule has 0 radical (unpaired) electrons. The molecule has 0 amide bonds. The molecular formula is C11H18Cl2NO+. The van der Waals surface area contributed by atoms with Crippen molar-refractivity contribution >= 4 is 24.0 Å². The third-order valence-electron chi connectivity index (χ3n) is 2.78. The number of halogens is 2. The van der Waals surface area contributed by atoms with E-state index in [4.69, 9.17) is 11.6 Å². The van der Waals surface area contributed by atoms with Gasteiger partial charge < -0.3 is 10.8 Å². The molecule has 0 saturated heterocycles. The van der Waals surface area contributed by atoms with Gasteiger partial charge in [-0.1, -0.05) is 24.6 Å². The van der Waals surface area contributed by atoms with Gasteiger partial charge in [0.25, 0.3) is 0 Å². The minimum atomic E-state index is 0. The summed E-state index contributed by atoms with van der Waals surface area (Å²) in [6.07, 6.45) is 1.18. The van der Waals surface area contributed by atoms with E-state index in [0.29, 0.717) is 5.92 Å². The van der Waals surface area contributed by atoms with Gasteiger partial charge in [-0.3, -0.25) is 0 Å². The van der Waals surface area contributed by atoms with Gasteiger partial charge in [-0.15, -0.1) is 12.4 Å². The number of rotatable bonds is 0. The Bertz CT molecular complexity index is 317. The van der Waals surface area contributed by atoms with Crippen molar-refractivity contribution in [3.8, 4) is 0 Å². The van der Waals surface area contributed by atoms with Crippen molar-refractivity contribution in [1.82, 2.24) is 0 Å². The van der Waals surface area contributed by atoms with Crippen molar-refractivity contribution < 1.29 is 10.8 Å². The second-order valence-electron chi connectivity index (χ2n) is 3.81. The van der Waals surface area contributed by atoms with Crippen LogP contribution >= 0.6 is 24.0 Å². The second-order valence-corrected chi connectivity index (χ2v) is 4.24. The topological polar surface area (TPSA) is 48.1 Å². The maximum absolute atomic E-state index is 5.99. The van der Waals surface area contributed by atoms with Gasteiger partial charge in [0.15, 0.2) is 0 Å². The van der Waals surface area contributed by atoms with E-state index in [9.17, 15) is 0 Å². The molecule has 0 spiro atoms. The van der Waals surface area contributed by atoms with Gasteiger partial charge in [-0.05, 0) is 23.3 Å². The minimum absolute atomic E-state index is 0. The third kappa shape index (κ3) is 3.35. The molecule has 2 nitrogen and oxygen atoms in total. The van der Waals surface area contributed by atoms with Crippen molar-refractivity contribution in [3.63, 3.8) is 0 Å². The highest BCUT2D eigenvalue weighted by atomic mass is 35.5. The average Bonchev–Trinajstić information content (AvgIpc) is 2.29. The van der Waals surface area contributed by atoms with Gasteiger partial charge in [0.05, 0.1) is 13.1 Å². The molecule has 0 saturated carbocycles. The molecule has 0 aromatic heterocycles. The number of hydrogen-bond donors (Lipinski definition) is 1. The van der Waals surface area contributed by atoms with E-state index >= 15 is 0 Å². The summed E-state index contributed by atoms with van der Waals surface area (Å²) in [5.74, 6) is 0.635. The summed E-state index contributed by atoms with van der Waals surface area (Å²) in [4.78, 5) is 0. The Morgan fingerprint density at radius 3 is 2.87 bits per heavy atom. The summed E-state index contributed by atoms with van der Waals surface area (Å²) in [6, 6.07) is 6.30. The van der Waals surface area contributed by atoms with E-state index in [-0.39, 0.29) is 17.9 Å². The van der Waals surface area contributed by atoms with Crippen molar-refractivity contribution in [2.75, 3.05) is 13.1 Å². The predicted molar refractivity (Wildman–Crippen MR) is 66.1 cm³/mol. The zero-order valence-corrected chi connectivity index (χ0v) is 10.4. The third-order valence-corrected chi connectivity index (χ3v) is 3.01. The zero-order valence-electron chi connectivity index (χ0n) is 8.79. The van der Waals surface area contributed by atoms with Gasteiger partial charge in [-0.25, -0.2) is 0 Å². The van der Waals surface area contributed by atoms with Crippen LogP contribution in [0.3, 0.4) is 0 Å². The molecule has 0 unspecified atom stereocenters. The zero-order chi connectivity index (χ0) is 9.26. The van der Waals surface area contributed by atoms with Crippen LogP contribution in [0.15, 0.2) is 18.2 Å². The molecule has 4 heteroatoms. The van der Waals surface area contributed by atoms with Crippen LogP contribution in [0.4, 0.5) is 0 Å². The number of nitrogens with two attached hydrogens (primary N) is 1. The van der Waals surface area contributed by atoms with Crippen molar-refractivity contribution in [3.05, 3.63) is 34.3 Å². The molecule has 1 aliphatic heterocycles. The standard InChI is InChI=1S/C11H14ClN.ClH.H2O/c1-8-7-13-5-4-9-2-3-10(12)6-11(8)9;;/h2-3,6,8,13H,4-5,7H2,1H3;1H;1H2/p+1/t8-;;/m0../s1. The van der Waals surface area contributed by atoms with E-state index < -0.39 is 0 Å². The Labute approximate surface area is 102 Å². The molecule has 1 atom stereocenters. The maximum atomic E-state index is 5.99. The summed E-state index contributed by atoms with van der Waals surface area (Å²) >= 11 is 5.99. The van der Waals surface area contributed by atoms with Crippen LogP contribution in [-0.2, 0) is 6.42 Å². The normalized spacial score (nSPS) is 19.2. The van der Waals surface area contributed by atoms with E-state index in [1.54, 1.807) is 0 Å². The number of hydrogen-bond acceptors (Lipinski definition) is 0. The molecule has 1 aliphatic rings. The molecule has 1 aromatic carbocycles. The summed E-state index contributed by atoms with van der Waals surface area (Å²) in [5, 5.41) is 3.26. The molecule has 86 valence electrons. The van der Waals surface area contributed by atoms with Crippen LogP contribution in [0, 0.1) is 0 Å². The minimum Gasteiger partial charge on any atom is -0.412 e. The summed E-state index contributed by atoms with van der Waals surface area (Å²) in [7, 11) is 0. The lowest BCUT2D eigenvalue weighted by Crippen LogP contribution is -2.85. The Balaban J connectivity index is 0.000000980. The van der Waals surface area contributed by atoms with E-state index in [0.717, 1.165) is 5.02 Å². The van der Waals surface area contributed by atoms with Gasteiger partial charge in [0.2, 0.25) is 0 Å². The Kier molecular flexibility index (Phi) is 6.22. The molecule has 1 aromatic rings. The van der Waals surface area contributed by atoms with Crippen LogP contribution in [-0.4, -0.2) is 18.6 Å². The first-order valence-corrected chi connectivity index (χ1v) is 5.25. The number of benzene rings is 1. The van der Waals surface area contributed by atoms with Crippen molar-refractivity contribution in [2.45, 2.75) is 19.3 Å². The van der Waals surface area contributed by atoms with Crippen LogP contribution < -0.4 is 5.32 Å². The second kappa shape index (κ2) is 6.33. The fourth-order valence-electron chi connectivity index (χ4n) is 2.00. The quantitative estimate of drug-likeness (QED) is 0.719. The fraction of sp³-hybridized carbons (Fsp3) is 0.455. The molecule has 4 N–H and O–H groups in total. The average molecular weight is 251 g/mol. The molecule has 2 rings (SSSR count). The molecule has 1 heterocycles. The highest BCUT2D eigenvalue weighted by Gasteiger charge is 2.16. The summed E-state index contributed by atoms with van der Waals surface area (Å²) in [5.41, 5.74) is 2.92. The van der Waals surface area contributed by atoms with Crippen LogP contribution in [0.1, 0.15) is 24.0 Å². The van der Waals surface area contributed by atoms with Crippen LogP contribution in [0.2, 0.25) is 5.02 Å². The van der Waals surface area contributed by atoms with E-state index in [1.165, 1.54) is 30.6 Å². The van der Waals surface area contributed by atoms with E-state index in [2.05, 4.69) is 24.4 Å². The van der Waals surface area contributed by atoms with Gasteiger partial charge in [0.1, 0.15) is 0 Å². The lowest BCUT2D eigenvalue weighted by Gasteiger charge is -2.10. The highest BCUT2D eigenvalue weighted by molar-refractivity contribution is 6.30.